The zero-order valence-electron chi connectivity index (χ0n) is 18.6. The van der Waals surface area contributed by atoms with Crippen LogP contribution in [0.4, 0.5) is 16.0 Å². The van der Waals surface area contributed by atoms with E-state index in [1.54, 1.807) is 25.3 Å². The van der Waals surface area contributed by atoms with Gasteiger partial charge >= 0.3 is 0 Å². The molecule has 3 aromatic heterocycles. The third kappa shape index (κ3) is 4.75. The number of aromatic amines is 1. The molecule has 0 bridgehead atoms. The summed E-state index contributed by atoms with van der Waals surface area (Å²) in [6.07, 6.45) is 5.13. The van der Waals surface area contributed by atoms with E-state index in [4.69, 9.17) is 25.7 Å². The predicted molar refractivity (Wildman–Crippen MR) is 125 cm³/mol. The number of benzene rings is 1. The maximum absolute atomic E-state index is 14.3. The molecule has 0 aliphatic heterocycles. The van der Waals surface area contributed by atoms with Crippen LogP contribution in [0.15, 0.2) is 53.1 Å². The summed E-state index contributed by atoms with van der Waals surface area (Å²) >= 11 is 5.91. The summed E-state index contributed by atoms with van der Waals surface area (Å²) in [7, 11) is 0. The molecule has 0 saturated heterocycles. The van der Waals surface area contributed by atoms with E-state index in [0.717, 1.165) is 18.5 Å². The fraction of sp³-hybridized carbons (Fsp3) is 0.333. The highest BCUT2D eigenvalue weighted by molar-refractivity contribution is 6.30. The zero-order valence-corrected chi connectivity index (χ0v) is 19.3. The Morgan fingerprint density at radius 1 is 1.15 bits per heavy atom. The lowest BCUT2D eigenvalue weighted by molar-refractivity contribution is 0.0992. The van der Waals surface area contributed by atoms with Crippen LogP contribution in [-0.2, 0) is 11.8 Å². The number of hydrogen-bond acceptors (Lipinski definition) is 7. The van der Waals surface area contributed by atoms with E-state index >= 15 is 0 Å². The Labute approximate surface area is 200 Å². The summed E-state index contributed by atoms with van der Waals surface area (Å²) in [6, 6.07) is 12.5. The van der Waals surface area contributed by atoms with Crippen LogP contribution in [0.2, 0.25) is 5.02 Å². The average molecular weight is 483 g/mol. The highest BCUT2D eigenvalue weighted by Crippen LogP contribution is 2.43. The van der Waals surface area contributed by atoms with Gasteiger partial charge in [0.2, 0.25) is 11.8 Å². The molecule has 5 rings (SSSR count). The molecule has 1 aromatic carbocycles. The van der Waals surface area contributed by atoms with Crippen LogP contribution in [0.1, 0.15) is 43.2 Å². The summed E-state index contributed by atoms with van der Waals surface area (Å²) in [6.45, 7) is 1.79. The number of anilines is 2. The van der Waals surface area contributed by atoms with Gasteiger partial charge in [0.05, 0.1) is 16.5 Å². The Morgan fingerprint density at radius 2 is 1.97 bits per heavy atom. The third-order valence-corrected chi connectivity index (χ3v) is 6.45. The van der Waals surface area contributed by atoms with Gasteiger partial charge in [-0.05, 0) is 49.9 Å². The van der Waals surface area contributed by atoms with Gasteiger partial charge in [-0.3, -0.25) is 5.10 Å². The molecule has 8 nitrogen and oxygen atoms in total. The molecule has 1 saturated carbocycles. The molecular formula is C24H24ClFN6O2. The summed E-state index contributed by atoms with van der Waals surface area (Å²) in [5.74, 6) is 2.17. The molecule has 10 heteroatoms. The van der Waals surface area contributed by atoms with Gasteiger partial charge in [-0.25, -0.2) is 9.37 Å². The lowest BCUT2D eigenvalue weighted by Gasteiger charge is -2.37. The van der Waals surface area contributed by atoms with Crippen LogP contribution in [0.25, 0.3) is 0 Å². The van der Waals surface area contributed by atoms with E-state index in [1.165, 1.54) is 6.07 Å². The number of aromatic nitrogens is 5. The molecule has 0 spiro atoms. The first-order valence-corrected chi connectivity index (χ1v) is 11.5. The lowest BCUT2D eigenvalue weighted by Crippen LogP contribution is -2.38. The minimum Gasteiger partial charge on any atom is -0.487 e. The molecule has 0 atom stereocenters. The minimum atomic E-state index is -0.529. The molecule has 3 heterocycles. The zero-order chi connectivity index (χ0) is 23.5. The fourth-order valence-corrected chi connectivity index (χ4v) is 4.61. The Morgan fingerprint density at radius 3 is 2.71 bits per heavy atom. The first kappa shape index (κ1) is 22.3. The van der Waals surface area contributed by atoms with E-state index in [2.05, 4.69) is 25.7 Å². The van der Waals surface area contributed by atoms with Gasteiger partial charge in [0.15, 0.2) is 17.4 Å². The van der Waals surface area contributed by atoms with Crippen LogP contribution in [0.5, 0.6) is 5.75 Å². The monoisotopic (exact) mass is 482 g/mol. The van der Waals surface area contributed by atoms with Crippen LogP contribution in [0.3, 0.4) is 0 Å². The van der Waals surface area contributed by atoms with Crippen molar-refractivity contribution in [3.63, 3.8) is 0 Å². The van der Waals surface area contributed by atoms with E-state index in [0.29, 0.717) is 42.7 Å². The number of ether oxygens (including phenoxy) is 1. The first-order valence-electron chi connectivity index (χ1n) is 11.1. The molecule has 34 heavy (non-hydrogen) atoms. The molecule has 0 radical (unpaired) electrons. The van der Waals surface area contributed by atoms with Crippen molar-refractivity contribution in [3.05, 3.63) is 77.0 Å². The second-order valence-corrected chi connectivity index (χ2v) is 8.96. The maximum Gasteiger partial charge on any atom is 0.223 e. The molecule has 176 valence electrons. The topological polar surface area (TPSA) is 102 Å². The van der Waals surface area contributed by atoms with Crippen molar-refractivity contribution in [2.24, 2.45) is 0 Å². The van der Waals surface area contributed by atoms with Gasteiger partial charge in [0, 0.05) is 31.3 Å². The number of aryl methyl sites for hydroxylation is 1. The third-order valence-electron chi connectivity index (χ3n) is 6.16. The summed E-state index contributed by atoms with van der Waals surface area (Å²) in [5.41, 5.74) is 0.517. The van der Waals surface area contributed by atoms with Gasteiger partial charge in [-0.15, -0.1) is 10.2 Å². The van der Waals surface area contributed by atoms with E-state index in [1.807, 2.05) is 24.3 Å². The van der Waals surface area contributed by atoms with Gasteiger partial charge in [-0.2, -0.15) is 5.10 Å². The molecule has 1 aliphatic rings. The molecule has 1 fully saturated rings. The highest BCUT2D eigenvalue weighted by atomic mass is 35.5. The van der Waals surface area contributed by atoms with Crippen molar-refractivity contribution in [1.29, 1.82) is 0 Å². The SMILES string of the molecule is Cc1nnc([C@]2(Cc3cccc(Nc4cc[nH]n4)n3)CC[C@@H](Oc3cccc(Cl)c3F)CC2)o1. The quantitative estimate of drug-likeness (QED) is 0.357. The van der Waals surface area contributed by atoms with Crippen LogP contribution < -0.4 is 10.1 Å². The minimum absolute atomic E-state index is 0.0541. The van der Waals surface area contributed by atoms with Crippen molar-refractivity contribution in [3.8, 4) is 5.75 Å². The van der Waals surface area contributed by atoms with E-state index in [9.17, 15) is 4.39 Å². The smallest absolute Gasteiger partial charge is 0.223 e. The Kier molecular flexibility index (Phi) is 6.19. The molecule has 0 amide bonds. The first-order chi connectivity index (χ1) is 16.5. The van der Waals surface area contributed by atoms with Gasteiger partial charge in [0.25, 0.3) is 0 Å². The summed E-state index contributed by atoms with van der Waals surface area (Å²) in [5, 5.41) is 18.6. The number of pyridine rings is 1. The van der Waals surface area contributed by atoms with Crippen molar-refractivity contribution in [1.82, 2.24) is 25.4 Å². The second kappa shape index (κ2) is 9.42. The largest absolute Gasteiger partial charge is 0.487 e. The summed E-state index contributed by atoms with van der Waals surface area (Å²) in [4.78, 5) is 4.78. The van der Waals surface area contributed by atoms with Crippen molar-refractivity contribution in [2.45, 2.75) is 50.5 Å². The van der Waals surface area contributed by atoms with Crippen molar-refractivity contribution >= 4 is 23.2 Å². The average Bonchev–Trinajstić information content (AvgIpc) is 3.51. The highest BCUT2D eigenvalue weighted by Gasteiger charge is 2.42. The van der Waals surface area contributed by atoms with Crippen molar-refractivity contribution < 1.29 is 13.5 Å². The number of rotatable bonds is 7. The number of H-pyrrole nitrogens is 1. The summed E-state index contributed by atoms with van der Waals surface area (Å²) < 4.78 is 26.2. The van der Waals surface area contributed by atoms with Gasteiger partial charge < -0.3 is 14.5 Å². The van der Waals surface area contributed by atoms with Gasteiger partial charge in [0.1, 0.15) is 5.82 Å². The fourth-order valence-electron chi connectivity index (χ4n) is 4.45. The number of halogens is 2. The Balaban J connectivity index is 1.35. The molecule has 2 N–H and O–H groups in total. The van der Waals surface area contributed by atoms with Crippen LogP contribution in [-0.4, -0.2) is 31.5 Å². The second-order valence-electron chi connectivity index (χ2n) is 8.55. The number of nitrogens with one attached hydrogen (secondary N) is 2. The molecule has 0 unspecified atom stereocenters. The molecule has 1 aliphatic carbocycles. The van der Waals surface area contributed by atoms with Crippen molar-refractivity contribution in [2.75, 3.05) is 5.32 Å². The Hall–Kier alpha value is -3.46. The van der Waals surface area contributed by atoms with Crippen LogP contribution in [0, 0.1) is 12.7 Å². The standard InChI is InChI=1S/C24H24ClFN6O2/c1-15-30-32-23(33-15)24(14-16-4-2-7-20(28-16)29-21-10-13-27-31-21)11-8-17(9-12-24)34-19-6-3-5-18(25)22(19)26/h2-7,10,13,17H,8-9,11-12,14H2,1H3,(H2,27,28,29,31)/t17-,24-. The maximum atomic E-state index is 14.3. The van der Waals surface area contributed by atoms with Crippen LogP contribution >= 0.6 is 11.6 Å². The normalized spacial score (nSPS) is 20.3. The number of nitrogens with zero attached hydrogens (tertiary/aromatic N) is 4. The predicted octanol–water partition coefficient (Wildman–Crippen LogP) is 5.53. The number of hydrogen-bond donors (Lipinski definition) is 2. The Bertz CT molecular complexity index is 1250. The van der Waals surface area contributed by atoms with E-state index < -0.39 is 5.82 Å². The molecular weight excluding hydrogens is 459 g/mol. The van der Waals surface area contributed by atoms with E-state index in [-0.39, 0.29) is 22.3 Å². The van der Waals surface area contributed by atoms with Gasteiger partial charge in [-0.1, -0.05) is 23.7 Å². The lowest BCUT2D eigenvalue weighted by atomic mass is 9.70. The molecule has 4 aromatic rings.